The average molecular weight is 403 g/mol. The first-order valence-corrected chi connectivity index (χ1v) is 9.59. The lowest BCUT2D eigenvalue weighted by Crippen LogP contribution is -2.55. The van der Waals surface area contributed by atoms with Crippen LogP contribution in [0, 0.1) is 5.82 Å². The van der Waals surface area contributed by atoms with Crippen LogP contribution in [0.5, 0.6) is 5.75 Å². The second kappa shape index (κ2) is 7.55. The van der Waals surface area contributed by atoms with E-state index in [1.165, 1.54) is 19.4 Å². The minimum atomic E-state index is -0.990. The highest BCUT2D eigenvalue weighted by Crippen LogP contribution is 2.34. The number of piperidine rings is 1. The molecule has 0 spiro atoms. The molecule has 1 amide bonds. The highest BCUT2D eigenvalue weighted by Gasteiger charge is 2.43. The lowest BCUT2D eigenvalue weighted by atomic mass is 9.96. The number of benzene rings is 1. The Labute approximate surface area is 167 Å². The van der Waals surface area contributed by atoms with Gasteiger partial charge in [0.25, 0.3) is 5.91 Å². The van der Waals surface area contributed by atoms with Gasteiger partial charge in [0.05, 0.1) is 29.7 Å². The molecular formula is C20H23F2N5O2. The summed E-state index contributed by atoms with van der Waals surface area (Å²) in [6, 6.07) is 2.03. The first kappa shape index (κ1) is 19.5. The summed E-state index contributed by atoms with van der Waals surface area (Å²) in [6.07, 6.45) is 4.42. The van der Waals surface area contributed by atoms with Gasteiger partial charge in [0.2, 0.25) is 0 Å². The third-order valence-electron chi connectivity index (χ3n) is 5.88. The number of hydrogen-bond acceptors (Lipinski definition) is 6. The molecule has 2 aromatic rings. The molecule has 2 aliphatic rings. The van der Waals surface area contributed by atoms with E-state index in [0.29, 0.717) is 18.3 Å². The minimum absolute atomic E-state index is 0.118. The number of phenols is 1. The van der Waals surface area contributed by atoms with Gasteiger partial charge in [0.1, 0.15) is 23.6 Å². The van der Waals surface area contributed by atoms with E-state index < -0.39 is 17.9 Å². The van der Waals surface area contributed by atoms with Crippen molar-refractivity contribution < 1.29 is 18.7 Å². The van der Waals surface area contributed by atoms with E-state index in [1.807, 2.05) is 0 Å². The third-order valence-corrected chi connectivity index (χ3v) is 5.88. The number of carbonyl (C=O) groups excluding carboxylic acids is 1. The van der Waals surface area contributed by atoms with Gasteiger partial charge in [-0.05, 0) is 31.4 Å². The van der Waals surface area contributed by atoms with Gasteiger partial charge in [-0.25, -0.2) is 13.8 Å². The number of rotatable bonds is 4. The average Bonchev–Trinajstić information content (AvgIpc) is 3.14. The second-order valence-corrected chi connectivity index (χ2v) is 7.59. The number of halogens is 2. The van der Waals surface area contributed by atoms with Gasteiger partial charge in [0, 0.05) is 31.7 Å². The normalized spacial score (nSPS) is 25.7. The smallest absolute Gasteiger partial charge is 0.254 e. The summed E-state index contributed by atoms with van der Waals surface area (Å²) in [5.41, 5.74) is 0.122. The van der Waals surface area contributed by atoms with Gasteiger partial charge in [-0.2, -0.15) is 0 Å². The van der Waals surface area contributed by atoms with Crippen LogP contribution in [-0.2, 0) is 0 Å². The third kappa shape index (κ3) is 3.50. The van der Waals surface area contributed by atoms with Crippen LogP contribution < -0.4 is 15.5 Å². The molecule has 29 heavy (non-hydrogen) atoms. The van der Waals surface area contributed by atoms with E-state index in [1.54, 1.807) is 11.9 Å². The topological polar surface area (TPSA) is 90.4 Å². The maximum Gasteiger partial charge on any atom is 0.254 e. The van der Waals surface area contributed by atoms with Crippen molar-refractivity contribution in [2.75, 3.05) is 19.0 Å². The molecule has 2 bridgehead atoms. The Hall–Kier alpha value is -2.81. The zero-order valence-corrected chi connectivity index (χ0v) is 16.2. The monoisotopic (exact) mass is 403 g/mol. The van der Waals surface area contributed by atoms with E-state index >= 15 is 0 Å². The van der Waals surface area contributed by atoms with Gasteiger partial charge in [-0.3, -0.25) is 9.78 Å². The quantitative estimate of drug-likeness (QED) is 0.724. The SMILES string of the molecule is CNC(=O)c1cc(O)c(-c2cnc(N(C)[C@H]3C[C@@H]4CC[C@@H](N4)[C@H]3F)cn2)cc1F. The van der Waals surface area contributed by atoms with Gasteiger partial charge in [0.15, 0.2) is 0 Å². The summed E-state index contributed by atoms with van der Waals surface area (Å²) in [4.78, 5) is 22.1. The van der Waals surface area contributed by atoms with Crippen molar-refractivity contribution in [1.82, 2.24) is 20.6 Å². The first-order chi connectivity index (χ1) is 13.9. The fourth-order valence-electron chi connectivity index (χ4n) is 4.24. The van der Waals surface area contributed by atoms with Crippen LogP contribution in [-0.4, -0.2) is 59.4 Å². The number of aromatic hydroxyl groups is 1. The molecule has 0 saturated carbocycles. The van der Waals surface area contributed by atoms with E-state index in [2.05, 4.69) is 20.6 Å². The van der Waals surface area contributed by atoms with Gasteiger partial charge >= 0.3 is 0 Å². The molecule has 4 atom stereocenters. The van der Waals surface area contributed by atoms with Crippen LogP contribution in [0.1, 0.15) is 29.6 Å². The summed E-state index contributed by atoms with van der Waals surface area (Å²) < 4.78 is 29.0. The molecule has 1 aromatic carbocycles. The van der Waals surface area contributed by atoms with Gasteiger partial charge in [-0.15, -0.1) is 0 Å². The minimum Gasteiger partial charge on any atom is -0.507 e. The largest absolute Gasteiger partial charge is 0.507 e. The number of phenolic OH excluding ortho intramolecular Hbond substituents is 1. The summed E-state index contributed by atoms with van der Waals surface area (Å²) in [5.74, 6) is -1.18. The van der Waals surface area contributed by atoms with Crippen LogP contribution in [0.3, 0.4) is 0 Å². The predicted octanol–water partition coefficient (Wildman–Crippen LogP) is 2.02. The fraction of sp³-hybridized carbons (Fsp3) is 0.450. The summed E-state index contributed by atoms with van der Waals surface area (Å²) in [7, 11) is 3.17. The van der Waals surface area contributed by atoms with Crippen LogP contribution in [0.25, 0.3) is 11.3 Å². The second-order valence-electron chi connectivity index (χ2n) is 7.59. The molecule has 7 nitrogen and oxygen atoms in total. The molecule has 3 N–H and O–H groups in total. The highest BCUT2D eigenvalue weighted by molar-refractivity contribution is 5.95. The molecule has 2 aliphatic heterocycles. The van der Waals surface area contributed by atoms with Crippen molar-refractivity contribution in [2.24, 2.45) is 0 Å². The molecule has 3 heterocycles. The van der Waals surface area contributed by atoms with Crippen molar-refractivity contribution >= 4 is 11.7 Å². The maximum absolute atomic E-state index is 14.8. The fourth-order valence-corrected chi connectivity index (χ4v) is 4.24. The molecule has 2 saturated heterocycles. The Morgan fingerprint density at radius 3 is 2.79 bits per heavy atom. The molecule has 0 radical (unpaired) electrons. The van der Waals surface area contributed by atoms with Gasteiger partial charge in [-0.1, -0.05) is 0 Å². The maximum atomic E-state index is 14.8. The Kier molecular flexibility index (Phi) is 5.08. The van der Waals surface area contributed by atoms with Crippen molar-refractivity contribution in [3.63, 3.8) is 0 Å². The van der Waals surface area contributed by atoms with E-state index in [9.17, 15) is 18.7 Å². The number of alkyl halides is 1. The molecule has 0 aliphatic carbocycles. The summed E-state index contributed by atoms with van der Waals surface area (Å²) >= 11 is 0. The number of anilines is 1. The molecule has 0 unspecified atom stereocenters. The van der Waals surface area contributed by atoms with Crippen LogP contribution in [0.4, 0.5) is 14.6 Å². The molecular weight excluding hydrogens is 380 g/mol. The lowest BCUT2D eigenvalue weighted by Gasteiger charge is -2.38. The van der Waals surface area contributed by atoms with E-state index in [-0.39, 0.29) is 34.7 Å². The van der Waals surface area contributed by atoms with E-state index in [0.717, 1.165) is 25.0 Å². The number of fused-ring (bicyclic) bond motifs is 2. The number of nitrogens with zero attached hydrogens (tertiary/aromatic N) is 3. The Balaban J connectivity index is 1.57. The highest BCUT2D eigenvalue weighted by atomic mass is 19.1. The van der Waals surface area contributed by atoms with Crippen LogP contribution in [0.15, 0.2) is 24.5 Å². The van der Waals surface area contributed by atoms with Gasteiger partial charge < -0.3 is 20.6 Å². The van der Waals surface area contributed by atoms with E-state index in [4.69, 9.17) is 0 Å². The molecule has 1 aromatic heterocycles. The van der Waals surface area contributed by atoms with Crippen LogP contribution >= 0.6 is 0 Å². The number of carbonyl (C=O) groups is 1. The summed E-state index contributed by atoms with van der Waals surface area (Å²) in [6.45, 7) is 0. The Bertz CT molecular complexity index is 924. The lowest BCUT2D eigenvalue weighted by molar-refractivity contribution is 0.0958. The Morgan fingerprint density at radius 2 is 2.10 bits per heavy atom. The zero-order valence-electron chi connectivity index (χ0n) is 16.2. The number of amides is 1. The Morgan fingerprint density at radius 1 is 1.31 bits per heavy atom. The molecule has 2 fully saturated rings. The first-order valence-electron chi connectivity index (χ1n) is 9.59. The predicted molar refractivity (Wildman–Crippen MR) is 104 cm³/mol. The van der Waals surface area contributed by atoms with Crippen molar-refractivity contribution in [3.05, 3.63) is 35.9 Å². The number of hydrogen-bond donors (Lipinski definition) is 3. The van der Waals surface area contributed by atoms with Crippen molar-refractivity contribution in [2.45, 2.75) is 43.6 Å². The standard InChI is InChI=1S/C20H23F2N5O2/c1-23-20(29)11-7-17(28)12(6-13(11)21)15-8-25-18(9-24-15)27(2)16-5-10-3-4-14(26-10)19(16)22/h6-10,14,16,19,26,28H,3-5H2,1-2H3,(H,23,29)/t10-,14+,16-,19+/m0/s1. The van der Waals surface area contributed by atoms with Crippen molar-refractivity contribution in [3.8, 4) is 17.0 Å². The van der Waals surface area contributed by atoms with Crippen LogP contribution in [0.2, 0.25) is 0 Å². The molecule has 154 valence electrons. The molecule has 9 heteroatoms. The molecule has 4 rings (SSSR count). The number of nitrogens with one attached hydrogen (secondary N) is 2. The number of aromatic nitrogens is 2. The van der Waals surface area contributed by atoms with Crippen molar-refractivity contribution in [1.29, 1.82) is 0 Å². The summed E-state index contributed by atoms with van der Waals surface area (Å²) in [5, 5.41) is 15.8. The zero-order chi connectivity index (χ0) is 20.7.